The third kappa shape index (κ3) is 3.33. The zero-order valence-electron chi connectivity index (χ0n) is 11.6. The van der Waals surface area contributed by atoms with Crippen molar-refractivity contribution in [1.29, 1.82) is 0 Å². The van der Waals surface area contributed by atoms with E-state index in [1.807, 2.05) is 40.8 Å². The predicted molar refractivity (Wildman–Crippen MR) is 80.5 cm³/mol. The Kier molecular flexibility index (Phi) is 4.62. The van der Waals surface area contributed by atoms with Crippen molar-refractivity contribution in [3.8, 4) is 0 Å². The normalized spacial score (nSPS) is 12.6. The fourth-order valence-electron chi connectivity index (χ4n) is 1.53. The molecule has 2 N–H and O–H groups in total. The molecule has 0 saturated carbocycles. The summed E-state index contributed by atoms with van der Waals surface area (Å²) in [5.41, 5.74) is 6.09. The van der Waals surface area contributed by atoms with E-state index in [9.17, 15) is 4.79 Å². The van der Waals surface area contributed by atoms with Gasteiger partial charge >= 0.3 is 0 Å². The van der Waals surface area contributed by atoms with Crippen LogP contribution in [0, 0.1) is 5.41 Å². The van der Waals surface area contributed by atoms with Crippen molar-refractivity contribution in [3.63, 3.8) is 0 Å². The molecule has 0 aromatic carbocycles. The first-order valence-corrected chi connectivity index (χ1v) is 7.50. The quantitative estimate of drug-likeness (QED) is 0.919. The van der Waals surface area contributed by atoms with Crippen LogP contribution in [-0.4, -0.2) is 23.4 Å². The highest BCUT2D eigenvalue weighted by Crippen LogP contribution is 2.31. The van der Waals surface area contributed by atoms with Crippen LogP contribution >= 0.6 is 27.3 Å². The summed E-state index contributed by atoms with van der Waals surface area (Å²) in [6.07, 6.45) is 0. The number of thiophene rings is 1. The summed E-state index contributed by atoms with van der Waals surface area (Å²) in [6.45, 7) is 8.19. The van der Waals surface area contributed by atoms with Crippen molar-refractivity contribution < 1.29 is 4.79 Å². The van der Waals surface area contributed by atoms with Crippen LogP contribution in [0.15, 0.2) is 15.2 Å². The second kappa shape index (κ2) is 5.31. The maximum absolute atomic E-state index is 12.5. The Labute approximate surface area is 121 Å². The molecular formula is C13H21BrN2OS. The van der Waals surface area contributed by atoms with Crippen LogP contribution in [0.5, 0.6) is 0 Å². The first kappa shape index (κ1) is 15.7. The monoisotopic (exact) mass is 332 g/mol. The smallest absolute Gasteiger partial charge is 0.230 e. The van der Waals surface area contributed by atoms with Gasteiger partial charge in [-0.15, -0.1) is 11.3 Å². The minimum absolute atomic E-state index is 0.0670. The van der Waals surface area contributed by atoms with Crippen LogP contribution in [0.2, 0.25) is 0 Å². The van der Waals surface area contributed by atoms with Gasteiger partial charge in [0.2, 0.25) is 5.91 Å². The van der Waals surface area contributed by atoms with Gasteiger partial charge < -0.3 is 10.6 Å². The van der Waals surface area contributed by atoms with Crippen LogP contribution in [0.3, 0.4) is 0 Å². The number of amides is 1. The van der Waals surface area contributed by atoms with Crippen LogP contribution < -0.4 is 5.73 Å². The summed E-state index contributed by atoms with van der Waals surface area (Å²) < 4.78 is 1.08. The third-order valence-electron chi connectivity index (χ3n) is 3.53. The zero-order valence-corrected chi connectivity index (χ0v) is 14.0. The molecule has 3 nitrogen and oxygen atoms in total. The van der Waals surface area contributed by atoms with E-state index in [1.54, 1.807) is 16.2 Å². The second-order valence-electron chi connectivity index (χ2n) is 5.77. The molecule has 0 saturated heterocycles. The van der Waals surface area contributed by atoms with Crippen LogP contribution in [0.25, 0.3) is 0 Å². The fraction of sp³-hybridized carbons (Fsp3) is 0.615. The van der Waals surface area contributed by atoms with E-state index in [2.05, 4.69) is 21.3 Å². The minimum atomic E-state index is -0.588. The van der Waals surface area contributed by atoms with E-state index < -0.39 is 11.0 Å². The molecular weight excluding hydrogens is 312 g/mol. The molecule has 0 atom stereocenters. The maximum atomic E-state index is 12.5. The summed E-state index contributed by atoms with van der Waals surface area (Å²) in [7, 11) is 1.82. The molecule has 0 aliphatic rings. The van der Waals surface area contributed by atoms with E-state index in [1.165, 1.54) is 0 Å². The molecule has 0 spiro atoms. The molecule has 102 valence electrons. The van der Waals surface area contributed by atoms with Crippen molar-refractivity contribution in [2.45, 2.75) is 39.8 Å². The highest BCUT2D eigenvalue weighted by Gasteiger charge is 2.41. The number of hydrogen-bond donors (Lipinski definition) is 1. The molecule has 0 bridgehead atoms. The second-order valence-corrected chi connectivity index (χ2v) is 8.06. The molecule has 0 aliphatic carbocycles. The molecule has 1 aromatic heterocycles. The Hall–Kier alpha value is -0.390. The molecule has 0 radical (unpaired) electrons. The number of carbonyl (C=O) groups is 1. The van der Waals surface area contributed by atoms with Gasteiger partial charge in [-0.05, 0) is 60.6 Å². The SMILES string of the molecule is CN(Cc1csc(Br)c1)C(=O)C(C)(C)C(C)(C)N. The average Bonchev–Trinajstić information content (AvgIpc) is 2.61. The number of nitrogens with zero attached hydrogens (tertiary/aromatic N) is 1. The molecule has 5 heteroatoms. The van der Waals surface area contributed by atoms with Crippen LogP contribution in [0.4, 0.5) is 0 Å². The van der Waals surface area contributed by atoms with Gasteiger partial charge in [-0.1, -0.05) is 0 Å². The largest absolute Gasteiger partial charge is 0.341 e. The Bertz CT molecular complexity index is 434. The van der Waals surface area contributed by atoms with Gasteiger partial charge in [-0.2, -0.15) is 0 Å². The average molecular weight is 333 g/mol. The molecule has 18 heavy (non-hydrogen) atoms. The zero-order chi connectivity index (χ0) is 14.1. The van der Waals surface area contributed by atoms with Crippen LogP contribution in [0.1, 0.15) is 33.3 Å². The van der Waals surface area contributed by atoms with Crippen molar-refractivity contribution in [1.82, 2.24) is 4.90 Å². The Morgan fingerprint density at radius 1 is 1.44 bits per heavy atom. The number of carbonyl (C=O) groups excluding carboxylic acids is 1. The molecule has 0 fully saturated rings. The predicted octanol–water partition coefficient (Wildman–Crippen LogP) is 3.23. The lowest BCUT2D eigenvalue weighted by molar-refractivity contribution is -0.142. The van der Waals surface area contributed by atoms with Gasteiger partial charge in [-0.3, -0.25) is 4.79 Å². The van der Waals surface area contributed by atoms with E-state index in [0.717, 1.165) is 9.35 Å². The lowest BCUT2D eigenvalue weighted by atomic mass is 9.74. The fourth-order valence-corrected chi connectivity index (χ4v) is 2.73. The summed E-state index contributed by atoms with van der Waals surface area (Å²) in [5.74, 6) is 0.0670. The van der Waals surface area contributed by atoms with Crippen molar-refractivity contribution in [3.05, 3.63) is 20.8 Å². The first-order valence-electron chi connectivity index (χ1n) is 5.83. The standard InChI is InChI=1S/C13H21BrN2OS/c1-12(2,13(3,4)15)11(17)16(5)7-9-6-10(14)18-8-9/h6,8H,7,15H2,1-5H3. The maximum Gasteiger partial charge on any atom is 0.230 e. The third-order valence-corrected chi connectivity index (χ3v) is 5.09. The van der Waals surface area contributed by atoms with Crippen molar-refractivity contribution >= 4 is 33.2 Å². The van der Waals surface area contributed by atoms with Gasteiger partial charge in [0.1, 0.15) is 0 Å². The van der Waals surface area contributed by atoms with Crippen molar-refractivity contribution in [2.24, 2.45) is 11.1 Å². The Morgan fingerprint density at radius 2 is 2.00 bits per heavy atom. The highest BCUT2D eigenvalue weighted by molar-refractivity contribution is 9.11. The molecule has 0 aliphatic heterocycles. The molecule has 0 unspecified atom stereocenters. The van der Waals surface area contributed by atoms with E-state index in [4.69, 9.17) is 5.73 Å². The first-order chi connectivity index (χ1) is 8.05. The van der Waals surface area contributed by atoms with E-state index >= 15 is 0 Å². The van der Waals surface area contributed by atoms with Crippen LogP contribution in [-0.2, 0) is 11.3 Å². The molecule has 1 aromatic rings. The van der Waals surface area contributed by atoms with Gasteiger partial charge in [0.25, 0.3) is 0 Å². The van der Waals surface area contributed by atoms with E-state index in [0.29, 0.717) is 6.54 Å². The summed E-state index contributed by atoms with van der Waals surface area (Å²) >= 11 is 5.05. The molecule has 1 heterocycles. The number of nitrogens with two attached hydrogens (primary N) is 1. The van der Waals surface area contributed by atoms with Gasteiger partial charge in [0.15, 0.2) is 0 Å². The summed E-state index contributed by atoms with van der Waals surface area (Å²) in [6, 6.07) is 2.04. The lowest BCUT2D eigenvalue weighted by Gasteiger charge is -2.39. The van der Waals surface area contributed by atoms with Gasteiger partial charge in [-0.25, -0.2) is 0 Å². The van der Waals surface area contributed by atoms with E-state index in [-0.39, 0.29) is 5.91 Å². The number of halogens is 1. The van der Waals surface area contributed by atoms with Crippen molar-refractivity contribution in [2.75, 3.05) is 7.05 Å². The number of rotatable bonds is 4. The molecule has 1 rings (SSSR count). The number of hydrogen-bond acceptors (Lipinski definition) is 3. The Balaban J connectivity index is 2.79. The highest BCUT2D eigenvalue weighted by atomic mass is 79.9. The molecule has 1 amide bonds. The topological polar surface area (TPSA) is 46.3 Å². The summed E-state index contributed by atoms with van der Waals surface area (Å²) in [4.78, 5) is 14.2. The lowest BCUT2D eigenvalue weighted by Crippen LogP contribution is -2.55. The Morgan fingerprint density at radius 3 is 2.39 bits per heavy atom. The van der Waals surface area contributed by atoms with Gasteiger partial charge in [0.05, 0.1) is 9.20 Å². The minimum Gasteiger partial charge on any atom is -0.341 e. The summed E-state index contributed by atoms with van der Waals surface area (Å²) in [5, 5.41) is 2.05. The van der Waals surface area contributed by atoms with Gasteiger partial charge in [0, 0.05) is 19.1 Å².